The standard InChI is InChI=1S/C24H23ClN4O/c1-15-6-7-17(13-16(15)2)14-21(18-8-10-19(25)11-9-18)24-28-23(29-30-24)20-5-4-12-27-22(20)26-3/h4-13,21H,14H2,1-3H3,(H,26,27). The minimum atomic E-state index is -0.0830. The van der Waals surface area contributed by atoms with Crippen LogP contribution in [0.2, 0.25) is 5.02 Å². The molecule has 1 unspecified atom stereocenters. The van der Waals surface area contributed by atoms with Gasteiger partial charge < -0.3 is 9.84 Å². The van der Waals surface area contributed by atoms with E-state index in [9.17, 15) is 0 Å². The molecule has 0 aliphatic heterocycles. The van der Waals surface area contributed by atoms with Crippen LogP contribution in [-0.4, -0.2) is 22.2 Å². The Hall–Kier alpha value is -3.18. The van der Waals surface area contributed by atoms with Crippen molar-refractivity contribution in [2.75, 3.05) is 12.4 Å². The Balaban J connectivity index is 1.73. The van der Waals surface area contributed by atoms with Gasteiger partial charge in [0.05, 0.1) is 11.5 Å². The van der Waals surface area contributed by atoms with Crippen LogP contribution in [0.25, 0.3) is 11.4 Å². The monoisotopic (exact) mass is 418 g/mol. The number of nitrogens with zero attached hydrogens (tertiary/aromatic N) is 3. The zero-order valence-corrected chi connectivity index (χ0v) is 17.9. The highest BCUT2D eigenvalue weighted by Gasteiger charge is 2.23. The number of pyridine rings is 1. The van der Waals surface area contributed by atoms with Crippen molar-refractivity contribution in [1.82, 2.24) is 15.1 Å². The summed E-state index contributed by atoms with van der Waals surface area (Å²) in [5.41, 5.74) is 5.64. The molecule has 4 rings (SSSR count). The molecule has 2 aromatic carbocycles. The third-order valence-corrected chi connectivity index (χ3v) is 5.56. The first-order chi connectivity index (χ1) is 14.5. The Morgan fingerprint density at radius 3 is 2.57 bits per heavy atom. The molecule has 0 bridgehead atoms. The molecule has 1 N–H and O–H groups in total. The summed E-state index contributed by atoms with van der Waals surface area (Å²) >= 11 is 6.11. The summed E-state index contributed by atoms with van der Waals surface area (Å²) < 4.78 is 5.74. The summed E-state index contributed by atoms with van der Waals surface area (Å²) in [6.45, 7) is 4.25. The fourth-order valence-electron chi connectivity index (χ4n) is 3.48. The highest BCUT2D eigenvalue weighted by molar-refractivity contribution is 6.30. The van der Waals surface area contributed by atoms with E-state index in [2.05, 4.69) is 47.5 Å². The SMILES string of the molecule is CNc1ncccc1-c1noc(C(Cc2ccc(C)c(C)c2)c2ccc(Cl)cc2)n1. The van der Waals surface area contributed by atoms with Crippen LogP contribution in [0.1, 0.15) is 34.1 Å². The van der Waals surface area contributed by atoms with Crippen LogP contribution in [0, 0.1) is 13.8 Å². The Morgan fingerprint density at radius 2 is 1.83 bits per heavy atom. The van der Waals surface area contributed by atoms with Gasteiger partial charge in [0.15, 0.2) is 0 Å². The van der Waals surface area contributed by atoms with E-state index in [-0.39, 0.29) is 5.92 Å². The van der Waals surface area contributed by atoms with Gasteiger partial charge in [-0.2, -0.15) is 4.98 Å². The second kappa shape index (κ2) is 8.67. The van der Waals surface area contributed by atoms with Crippen molar-refractivity contribution in [3.05, 3.63) is 94.0 Å². The first kappa shape index (κ1) is 20.1. The number of anilines is 1. The molecule has 4 aromatic rings. The maximum atomic E-state index is 6.11. The number of benzene rings is 2. The fourth-order valence-corrected chi connectivity index (χ4v) is 3.61. The molecule has 0 saturated heterocycles. The zero-order valence-electron chi connectivity index (χ0n) is 17.2. The summed E-state index contributed by atoms with van der Waals surface area (Å²) in [6.07, 6.45) is 2.48. The van der Waals surface area contributed by atoms with Crippen molar-refractivity contribution in [2.24, 2.45) is 0 Å². The highest BCUT2D eigenvalue weighted by Crippen LogP contribution is 2.31. The molecule has 30 heavy (non-hydrogen) atoms. The molecular weight excluding hydrogens is 396 g/mol. The quantitative estimate of drug-likeness (QED) is 0.427. The fraction of sp³-hybridized carbons (Fsp3) is 0.208. The number of hydrogen-bond donors (Lipinski definition) is 1. The Morgan fingerprint density at radius 1 is 1.03 bits per heavy atom. The van der Waals surface area contributed by atoms with E-state index < -0.39 is 0 Å². The molecule has 6 heteroatoms. The van der Waals surface area contributed by atoms with E-state index >= 15 is 0 Å². The highest BCUT2D eigenvalue weighted by atomic mass is 35.5. The normalized spacial score (nSPS) is 12.0. The number of rotatable bonds is 6. The van der Waals surface area contributed by atoms with Crippen LogP contribution >= 0.6 is 11.6 Å². The molecular formula is C24H23ClN4O. The largest absolute Gasteiger partial charge is 0.373 e. The maximum absolute atomic E-state index is 6.11. The second-order valence-corrected chi connectivity index (χ2v) is 7.77. The van der Waals surface area contributed by atoms with Crippen molar-refractivity contribution >= 4 is 17.4 Å². The average molecular weight is 419 g/mol. The topological polar surface area (TPSA) is 63.8 Å². The first-order valence-corrected chi connectivity index (χ1v) is 10.2. The van der Waals surface area contributed by atoms with Crippen molar-refractivity contribution in [2.45, 2.75) is 26.2 Å². The van der Waals surface area contributed by atoms with Crippen LogP contribution in [0.15, 0.2) is 65.3 Å². The predicted octanol–water partition coefficient (Wildman–Crippen LogP) is 5.82. The van der Waals surface area contributed by atoms with Crippen molar-refractivity contribution in [3.63, 3.8) is 0 Å². The van der Waals surface area contributed by atoms with Gasteiger partial charge in [0, 0.05) is 18.3 Å². The van der Waals surface area contributed by atoms with Crippen molar-refractivity contribution in [1.29, 1.82) is 0 Å². The second-order valence-electron chi connectivity index (χ2n) is 7.33. The van der Waals surface area contributed by atoms with Crippen LogP contribution in [0.3, 0.4) is 0 Å². The molecule has 0 saturated carbocycles. The summed E-state index contributed by atoms with van der Waals surface area (Å²) in [4.78, 5) is 9.07. The zero-order chi connectivity index (χ0) is 21.1. The van der Waals surface area contributed by atoms with E-state index in [0.29, 0.717) is 22.6 Å². The first-order valence-electron chi connectivity index (χ1n) is 9.83. The van der Waals surface area contributed by atoms with Gasteiger partial charge in [0.25, 0.3) is 0 Å². The number of hydrogen-bond acceptors (Lipinski definition) is 5. The van der Waals surface area contributed by atoms with E-state index in [0.717, 1.165) is 17.5 Å². The lowest BCUT2D eigenvalue weighted by Crippen LogP contribution is -2.06. The van der Waals surface area contributed by atoms with Crippen molar-refractivity contribution in [3.8, 4) is 11.4 Å². The molecule has 2 heterocycles. The predicted molar refractivity (Wildman–Crippen MR) is 120 cm³/mol. The van der Waals surface area contributed by atoms with Crippen LogP contribution in [-0.2, 0) is 6.42 Å². The Bertz CT molecular complexity index is 1150. The number of aryl methyl sites for hydroxylation is 2. The molecule has 1 atom stereocenters. The van der Waals surface area contributed by atoms with Gasteiger partial charge in [-0.3, -0.25) is 0 Å². The van der Waals surface area contributed by atoms with E-state index in [1.165, 1.54) is 16.7 Å². The van der Waals surface area contributed by atoms with Gasteiger partial charge >= 0.3 is 0 Å². The minimum absolute atomic E-state index is 0.0830. The molecule has 0 spiro atoms. The van der Waals surface area contributed by atoms with Gasteiger partial charge in [-0.15, -0.1) is 0 Å². The molecule has 0 radical (unpaired) electrons. The summed E-state index contributed by atoms with van der Waals surface area (Å²) in [5, 5.41) is 8.01. The minimum Gasteiger partial charge on any atom is -0.373 e. The molecule has 152 valence electrons. The van der Waals surface area contributed by atoms with Crippen molar-refractivity contribution < 1.29 is 4.52 Å². The summed E-state index contributed by atoms with van der Waals surface area (Å²) in [7, 11) is 1.82. The number of aromatic nitrogens is 3. The number of nitrogens with one attached hydrogen (secondary N) is 1. The molecule has 0 aliphatic carbocycles. The average Bonchev–Trinajstić information content (AvgIpc) is 3.25. The molecule has 5 nitrogen and oxygen atoms in total. The van der Waals surface area contributed by atoms with E-state index in [4.69, 9.17) is 21.1 Å². The smallest absolute Gasteiger partial charge is 0.234 e. The lowest BCUT2D eigenvalue weighted by molar-refractivity contribution is 0.365. The van der Waals surface area contributed by atoms with E-state index in [1.807, 2.05) is 43.4 Å². The van der Waals surface area contributed by atoms with Gasteiger partial charge in [0.2, 0.25) is 11.7 Å². The Kier molecular flexibility index (Phi) is 5.81. The molecule has 0 fully saturated rings. The lowest BCUT2D eigenvalue weighted by Gasteiger charge is -2.15. The van der Waals surface area contributed by atoms with E-state index in [1.54, 1.807) is 6.20 Å². The molecule has 0 amide bonds. The van der Waals surface area contributed by atoms with Gasteiger partial charge in [-0.25, -0.2) is 4.98 Å². The molecule has 0 aliphatic rings. The Labute approximate surface area is 181 Å². The number of halogens is 1. The van der Waals surface area contributed by atoms with Crippen LogP contribution in [0.5, 0.6) is 0 Å². The summed E-state index contributed by atoms with van der Waals surface area (Å²) in [6, 6.07) is 18.1. The van der Waals surface area contributed by atoms with Gasteiger partial charge in [0.1, 0.15) is 5.82 Å². The van der Waals surface area contributed by atoms with Crippen LogP contribution in [0.4, 0.5) is 5.82 Å². The maximum Gasteiger partial charge on any atom is 0.234 e. The summed E-state index contributed by atoms with van der Waals surface area (Å²) in [5.74, 6) is 1.71. The van der Waals surface area contributed by atoms with Gasteiger partial charge in [-0.1, -0.05) is 47.1 Å². The third-order valence-electron chi connectivity index (χ3n) is 5.31. The molecule has 2 aromatic heterocycles. The third kappa shape index (κ3) is 4.21. The lowest BCUT2D eigenvalue weighted by atomic mass is 9.90. The van der Waals surface area contributed by atoms with Gasteiger partial charge in [-0.05, 0) is 66.8 Å². The van der Waals surface area contributed by atoms with Crippen LogP contribution < -0.4 is 5.32 Å².